The quantitative estimate of drug-likeness (QED) is 0.722. The molecule has 1 fully saturated rings. The molecule has 2 heterocycles. The number of carbonyl (C=O) groups excluding carboxylic acids is 1. The van der Waals surface area contributed by atoms with Gasteiger partial charge >= 0.3 is 11.7 Å². The Labute approximate surface area is 113 Å². The average molecular weight is 281 g/mol. The summed E-state index contributed by atoms with van der Waals surface area (Å²) in [6.07, 6.45) is 2.17. The lowest BCUT2D eigenvalue weighted by Gasteiger charge is -2.30. The second kappa shape index (κ2) is 5.32. The molecule has 1 atom stereocenters. The van der Waals surface area contributed by atoms with Gasteiger partial charge in [-0.25, -0.2) is 4.79 Å². The van der Waals surface area contributed by atoms with Gasteiger partial charge in [-0.2, -0.15) is 0 Å². The normalized spacial score (nSPS) is 18.9. The first-order valence-corrected chi connectivity index (χ1v) is 6.22. The number of rotatable bonds is 2. The second-order valence-corrected chi connectivity index (χ2v) is 4.80. The SMILES string of the molecule is Cn1c(=O)[nH]cc(C(=O)N2CCCC(C(=O)O)C2)c1=O. The lowest BCUT2D eigenvalue weighted by Crippen LogP contribution is -2.45. The first kappa shape index (κ1) is 14.0. The number of carbonyl (C=O) groups is 2. The molecule has 20 heavy (non-hydrogen) atoms. The van der Waals surface area contributed by atoms with Crippen molar-refractivity contribution in [2.24, 2.45) is 13.0 Å². The van der Waals surface area contributed by atoms with Gasteiger partial charge in [-0.15, -0.1) is 0 Å². The van der Waals surface area contributed by atoms with Gasteiger partial charge in [0.1, 0.15) is 5.56 Å². The Morgan fingerprint density at radius 2 is 2.10 bits per heavy atom. The summed E-state index contributed by atoms with van der Waals surface area (Å²) < 4.78 is 0.811. The summed E-state index contributed by atoms with van der Waals surface area (Å²) in [5, 5.41) is 8.99. The van der Waals surface area contributed by atoms with Crippen LogP contribution in [0.1, 0.15) is 23.2 Å². The molecule has 1 aromatic heterocycles. The van der Waals surface area contributed by atoms with Gasteiger partial charge in [0, 0.05) is 26.3 Å². The van der Waals surface area contributed by atoms with Crippen molar-refractivity contribution in [3.63, 3.8) is 0 Å². The summed E-state index contributed by atoms with van der Waals surface area (Å²) in [5.74, 6) is -2.11. The van der Waals surface area contributed by atoms with E-state index < -0.39 is 29.0 Å². The fraction of sp³-hybridized carbons (Fsp3) is 0.500. The summed E-state index contributed by atoms with van der Waals surface area (Å²) in [6, 6.07) is 0. The van der Waals surface area contributed by atoms with Crippen LogP contribution in [-0.4, -0.2) is 44.5 Å². The van der Waals surface area contributed by atoms with Crippen LogP contribution in [0.3, 0.4) is 0 Å². The van der Waals surface area contributed by atoms with Crippen LogP contribution in [0.25, 0.3) is 0 Å². The van der Waals surface area contributed by atoms with E-state index >= 15 is 0 Å². The van der Waals surface area contributed by atoms with Crippen LogP contribution in [0.15, 0.2) is 15.8 Å². The molecule has 0 spiro atoms. The minimum Gasteiger partial charge on any atom is -0.481 e. The van der Waals surface area contributed by atoms with Crippen LogP contribution in [0, 0.1) is 5.92 Å². The van der Waals surface area contributed by atoms with Gasteiger partial charge in [0.25, 0.3) is 11.5 Å². The van der Waals surface area contributed by atoms with Gasteiger partial charge < -0.3 is 15.0 Å². The van der Waals surface area contributed by atoms with E-state index in [0.717, 1.165) is 10.8 Å². The average Bonchev–Trinajstić information content (AvgIpc) is 2.44. The van der Waals surface area contributed by atoms with Crippen LogP contribution in [-0.2, 0) is 11.8 Å². The number of aliphatic carboxylic acids is 1. The smallest absolute Gasteiger partial charge is 0.328 e. The first-order valence-electron chi connectivity index (χ1n) is 6.22. The van der Waals surface area contributed by atoms with Crippen LogP contribution < -0.4 is 11.2 Å². The molecule has 0 saturated carbocycles. The van der Waals surface area contributed by atoms with E-state index in [9.17, 15) is 19.2 Å². The summed E-state index contributed by atoms with van der Waals surface area (Å²) >= 11 is 0. The number of hydrogen-bond donors (Lipinski definition) is 2. The monoisotopic (exact) mass is 281 g/mol. The topological polar surface area (TPSA) is 112 Å². The molecule has 0 radical (unpaired) electrons. The number of H-pyrrole nitrogens is 1. The second-order valence-electron chi connectivity index (χ2n) is 4.80. The van der Waals surface area contributed by atoms with Crippen molar-refractivity contribution in [1.82, 2.24) is 14.5 Å². The molecule has 0 aliphatic carbocycles. The number of amides is 1. The van der Waals surface area contributed by atoms with Gasteiger partial charge in [-0.3, -0.25) is 19.0 Å². The van der Waals surface area contributed by atoms with Gasteiger partial charge in [-0.1, -0.05) is 0 Å². The molecule has 108 valence electrons. The summed E-state index contributed by atoms with van der Waals surface area (Å²) in [7, 11) is 1.27. The molecule has 2 rings (SSSR count). The van der Waals surface area contributed by atoms with Crippen LogP contribution in [0.4, 0.5) is 0 Å². The minimum absolute atomic E-state index is 0.0798. The molecule has 1 saturated heterocycles. The van der Waals surface area contributed by atoms with E-state index in [1.54, 1.807) is 0 Å². The predicted molar refractivity (Wildman–Crippen MR) is 68.6 cm³/mol. The van der Waals surface area contributed by atoms with E-state index in [0.29, 0.717) is 19.4 Å². The molecule has 1 aromatic rings. The van der Waals surface area contributed by atoms with Crippen LogP contribution in [0.2, 0.25) is 0 Å². The van der Waals surface area contributed by atoms with Crippen molar-refractivity contribution in [1.29, 1.82) is 0 Å². The van der Waals surface area contributed by atoms with Crippen LogP contribution in [0.5, 0.6) is 0 Å². The Kier molecular flexibility index (Phi) is 3.73. The maximum Gasteiger partial charge on any atom is 0.328 e. The minimum atomic E-state index is -0.947. The molecule has 0 bridgehead atoms. The number of piperidine rings is 1. The zero-order chi connectivity index (χ0) is 14.9. The number of carboxylic acid groups (broad SMARTS) is 1. The third kappa shape index (κ3) is 2.49. The van der Waals surface area contributed by atoms with E-state index in [-0.39, 0.29) is 12.1 Å². The number of hydrogen-bond acceptors (Lipinski definition) is 4. The zero-order valence-corrected chi connectivity index (χ0v) is 11.0. The van der Waals surface area contributed by atoms with Crippen molar-refractivity contribution >= 4 is 11.9 Å². The number of nitrogens with one attached hydrogen (secondary N) is 1. The lowest BCUT2D eigenvalue weighted by molar-refractivity contribution is -0.143. The number of likely N-dealkylation sites (tertiary alicyclic amines) is 1. The molecular formula is C12H15N3O5. The zero-order valence-electron chi connectivity index (χ0n) is 11.0. The molecular weight excluding hydrogens is 266 g/mol. The van der Waals surface area contributed by atoms with Gasteiger partial charge in [0.2, 0.25) is 0 Å². The number of aromatic nitrogens is 2. The van der Waals surface area contributed by atoms with Crippen LogP contribution >= 0.6 is 0 Å². The molecule has 8 heteroatoms. The molecule has 1 unspecified atom stereocenters. The number of nitrogens with zero attached hydrogens (tertiary/aromatic N) is 2. The number of aromatic amines is 1. The Balaban J connectivity index is 2.28. The fourth-order valence-corrected chi connectivity index (χ4v) is 2.25. The third-order valence-corrected chi connectivity index (χ3v) is 3.47. The predicted octanol–water partition coefficient (Wildman–Crippen LogP) is -0.990. The highest BCUT2D eigenvalue weighted by Crippen LogP contribution is 2.17. The summed E-state index contributed by atoms with van der Waals surface area (Å²) in [4.78, 5) is 50.0. The number of carboxylic acids is 1. The molecule has 2 N–H and O–H groups in total. The molecule has 1 aliphatic heterocycles. The highest BCUT2D eigenvalue weighted by Gasteiger charge is 2.29. The standard InChI is InChI=1S/C12H15N3O5/c1-14-9(16)8(5-13-12(14)20)10(17)15-4-2-3-7(6-15)11(18)19/h5,7H,2-4,6H2,1H3,(H,13,20)(H,18,19). The van der Waals surface area contributed by atoms with Gasteiger partial charge in [0.05, 0.1) is 5.92 Å². The van der Waals surface area contributed by atoms with Crippen molar-refractivity contribution in [3.8, 4) is 0 Å². The van der Waals surface area contributed by atoms with E-state index in [1.807, 2.05) is 0 Å². The Morgan fingerprint density at radius 1 is 1.40 bits per heavy atom. The summed E-state index contributed by atoms with van der Waals surface area (Å²) in [5.41, 5.74) is -1.44. The fourth-order valence-electron chi connectivity index (χ4n) is 2.25. The maximum absolute atomic E-state index is 12.2. The maximum atomic E-state index is 12.2. The highest BCUT2D eigenvalue weighted by molar-refractivity contribution is 5.93. The first-order chi connectivity index (χ1) is 9.41. The molecule has 1 amide bonds. The largest absolute Gasteiger partial charge is 0.481 e. The van der Waals surface area contributed by atoms with Crippen molar-refractivity contribution in [2.75, 3.05) is 13.1 Å². The lowest BCUT2D eigenvalue weighted by atomic mass is 9.98. The Bertz CT molecular complexity index is 660. The molecule has 0 aromatic carbocycles. The van der Waals surface area contributed by atoms with Crippen molar-refractivity contribution < 1.29 is 14.7 Å². The highest BCUT2D eigenvalue weighted by atomic mass is 16.4. The van der Waals surface area contributed by atoms with Crippen molar-refractivity contribution in [2.45, 2.75) is 12.8 Å². The van der Waals surface area contributed by atoms with E-state index in [2.05, 4.69) is 4.98 Å². The molecule has 8 nitrogen and oxygen atoms in total. The molecule has 1 aliphatic rings. The van der Waals surface area contributed by atoms with E-state index in [1.165, 1.54) is 11.9 Å². The van der Waals surface area contributed by atoms with Gasteiger partial charge in [-0.05, 0) is 12.8 Å². The Morgan fingerprint density at radius 3 is 2.75 bits per heavy atom. The Hall–Kier alpha value is -2.38. The summed E-state index contributed by atoms with van der Waals surface area (Å²) in [6.45, 7) is 0.487. The van der Waals surface area contributed by atoms with E-state index in [4.69, 9.17) is 5.11 Å². The van der Waals surface area contributed by atoms with Gasteiger partial charge in [0.15, 0.2) is 0 Å². The van der Waals surface area contributed by atoms with Crippen molar-refractivity contribution in [3.05, 3.63) is 32.6 Å². The third-order valence-electron chi connectivity index (χ3n) is 3.47.